The average Bonchev–Trinajstić information content (AvgIpc) is 2.82. The van der Waals surface area contributed by atoms with Crippen molar-refractivity contribution in [3.63, 3.8) is 0 Å². The summed E-state index contributed by atoms with van der Waals surface area (Å²) in [6, 6.07) is 8.81. The molecule has 3 rings (SSSR count). The zero-order chi connectivity index (χ0) is 16.6. The van der Waals surface area contributed by atoms with Gasteiger partial charge in [0.05, 0.1) is 17.0 Å². The Morgan fingerprint density at radius 3 is 2.78 bits per heavy atom. The van der Waals surface area contributed by atoms with Crippen LogP contribution in [0.1, 0.15) is 12.0 Å². The number of hydrogen-bond acceptors (Lipinski definition) is 4. The maximum Gasteiger partial charge on any atom is 0.254 e. The van der Waals surface area contributed by atoms with Crippen LogP contribution >= 0.6 is 0 Å². The Labute approximate surface area is 134 Å². The summed E-state index contributed by atoms with van der Waals surface area (Å²) in [5, 5.41) is 3.61. The SMILES string of the molecule is Cc1cc2ccccc2n(CC(=O)NC2CCS(=O)(=O)C2)c1=O. The number of carbonyl (C=O) groups excluding carboxylic acids is 1. The van der Waals surface area contributed by atoms with Gasteiger partial charge in [0.2, 0.25) is 5.91 Å². The number of nitrogens with one attached hydrogen (secondary N) is 1. The monoisotopic (exact) mass is 334 g/mol. The van der Waals surface area contributed by atoms with Crippen molar-refractivity contribution < 1.29 is 13.2 Å². The first kappa shape index (κ1) is 15.7. The lowest BCUT2D eigenvalue weighted by Crippen LogP contribution is -2.39. The number of rotatable bonds is 3. The van der Waals surface area contributed by atoms with Gasteiger partial charge in [-0.2, -0.15) is 0 Å². The molecule has 1 aliphatic heterocycles. The van der Waals surface area contributed by atoms with Gasteiger partial charge < -0.3 is 5.32 Å². The summed E-state index contributed by atoms with van der Waals surface area (Å²) in [5.74, 6) is -0.266. The summed E-state index contributed by atoms with van der Waals surface area (Å²) >= 11 is 0. The summed E-state index contributed by atoms with van der Waals surface area (Å²) < 4.78 is 24.3. The molecule has 1 fully saturated rings. The quantitative estimate of drug-likeness (QED) is 0.891. The Bertz CT molecular complexity index is 931. The van der Waals surface area contributed by atoms with Gasteiger partial charge in [-0.1, -0.05) is 18.2 Å². The highest BCUT2D eigenvalue weighted by atomic mass is 32.2. The smallest absolute Gasteiger partial charge is 0.254 e. The molecule has 2 aromatic rings. The van der Waals surface area contributed by atoms with Crippen molar-refractivity contribution in [2.24, 2.45) is 0 Å². The predicted octanol–water partition coefficient (Wildman–Crippen LogP) is 0.613. The maximum absolute atomic E-state index is 12.3. The van der Waals surface area contributed by atoms with Crippen LogP contribution in [0.25, 0.3) is 10.9 Å². The summed E-state index contributed by atoms with van der Waals surface area (Å²) in [7, 11) is -3.05. The molecule has 23 heavy (non-hydrogen) atoms. The van der Waals surface area contributed by atoms with Crippen molar-refractivity contribution in [2.45, 2.75) is 25.9 Å². The van der Waals surface area contributed by atoms with Crippen LogP contribution in [0.4, 0.5) is 0 Å². The summed E-state index contributed by atoms with van der Waals surface area (Å²) in [5.41, 5.74) is 1.05. The van der Waals surface area contributed by atoms with Gasteiger partial charge in [0, 0.05) is 11.6 Å². The molecule has 1 saturated heterocycles. The molecule has 0 bridgehead atoms. The van der Waals surface area contributed by atoms with E-state index in [0.29, 0.717) is 17.5 Å². The zero-order valence-corrected chi connectivity index (χ0v) is 13.6. The van der Waals surface area contributed by atoms with E-state index in [9.17, 15) is 18.0 Å². The third-order valence-corrected chi connectivity index (χ3v) is 5.85. The normalized spacial score (nSPS) is 19.8. The van der Waals surface area contributed by atoms with E-state index < -0.39 is 9.84 Å². The van der Waals surface area contributed by atoms with Crippen molar-refractivity contribution in [3.05, 3.63) is 46.2 Å². The molecular weight excluding hydrogens is 316 g/mol. The molecule has 0 spiro atoms. The van der Waals surface area contributed by atoms with Crippen LogP contribution in [0, 0.1) is 6.92 Å². The molecule has 1 atom stereocenters. The van der Waals surface area contributed by atoms with Crippen molar-refractivity contribution in [1.82, 2.24) is 9.88 Å². The van der Waals surface area contributed by atoms with Crippen LogP contribution in [0.5, 0.6) is 0 Å². The summed E-state index contributed by atoms with van der Waals surface area (Å²) in [6.07, 6.45) is 0.428. The molecule has 1 N–H and O–H groups in total. The van der Waals surface area contributed by atoms with E-state index in [1.54, 1.807) is 19.1 Å². The minimum Gasteiger partial charge on any atom is -0.351 e. The van der Waals surface area contributed by atoms with E-state index in [1.165, 1.54) is 4.57 Å². The van der Waals surface area contributed by atoms with Gasteiger partial charge in [-0.25, -0.2) is 8.42 Å². The molecule has 2 heterocycles. The molecule has 6 nitrogen and oxygen atoms in total. The van der Waals surface area contributed by atoms with E-state index >= 15 is 0 Å². The third-order valence-electron chi connectivity index (χ3n) is 4.08. The van der Waals surface area contributed by atoms with Gasteiger partial charge in [-0.05, 0) is 30.9 Å². The highest BCUT2D eigenvalue weighted by molar-refractivity contribution is 7.91. The number of carbonyl (C=O) groups is 1. The topological polar surface area (TPSA) is 85.2 Å². The first-order valence-corrected chi connectivity index (χ1v) is 9.27. The highest BCUT2D eigenvalue weighted by Gasteiger charge is 2.29. The second kappa shape index (κ2) is 5.81. The van der Waals surface area contributed by atoms with Crippen LogP contribution in [0.3, 0.4) is 0 Å². The second-order valence-electron chi connectivity index (χ2n) is 5.94. The number of hydrogen-bond donors (Lipinski definition) is 1. The van der Waals surface area contributed by atoms with Gasteiger partial charge in [-0.15, -0.1) is 0 Å². The van der Waals surface area contributed by atoms with E-state index in [4.69, 9.17) is 0 Å². The fourth-order valence-corrected chi connectivity index (χ4v) is 4.63. The maximum atomic E-state index is 12.3. The highest BCUT2D eigenvalue weighted by Crippen LogP contribution is 2.14. The van der Waals surface area contributed by atoms with E-state index in [-0.39, 0.29) is 35.6 Å². The van der Waals surface area contributed by atoms with Crippen LogP contribution in [-0.2, 0) is 21.2 Å². The molecule has 1 amide bonds. The first-order chi connectivity index (χ1) is 10.9. The number of para-hydroxylation sites is 1. The molecule has 0 radical (unpaired) electrons. The first-order valence-electron chi connectivity index (χ1n) is 7.45. The number of aromatic nitrogens is 1. The minimum atomic E-state index is -3.05. The van der Waals surface area contributed by atoms with Crippen molar-refractivity contribution in [2.75, 3.05) is 11.5 Å². The van der Waals surface area contributed by atoms with E-state index in [0.717, 1.165) is 5.39 Å². The average molecular weight is 334 g/mol. The van der Waals surface area contributed by atoms with Gasteiger partial charge in [-0.3, -0.25) is 14.2 Å². The Kier molecular flexibility index (Phi) is 3.97. The van der Waals surface area contributed by atoms with Crippen LogP contribution in [0.15, 0.2) is 35.1 Å². The van der Waals surface area contributed by atoms with Crippen LogP contribution in [-0.4, -0.2) is 36.4 Å². The second-order valence-corrected chi connectivity index (χ2v) is 8.17. The predicted molar refractivity (Wildman–Crippen MR) is 88.1 cm³/mol. The molecule has 0 aliphatic carbocycles. The number of benzene rings is 1. The Hall–Kier alpha value is -2.15. The molecule has 1 aromatic carbocycles. The Balaban J connectivity index is 1.85. The molecule has 1 unspecified atom stereocenters. The molecule has 1 aliphatic rings. The van der Waals surface area contributed by atoms with Gasteiger partial charge in [0.25, 0.3) is 5.56 Å². The third kappa shape index (κ3) is 3.29. The van der Waals surface area contributed by atoms with E-state index in [2.05, 4.69) is 5.32 Å². The lowest BCUT2D eigenvalue weighted by atomic mass is 10.1. The molecule has 122 valence electrons. The molecule has 7 heteroatoms. The molecular formula is C16H18N2O4S. The number of amides is 1. The molecule has 0 saturated carbocycles. The summed E-state index contributed by atoms with van der Waals surface area (Å²) in [4.78, 5) is 24.6. The lowest BCUT2D eigenvalue weighted by molar-refractivity contribution is -0.122. The largest absolute Gasteiger partial charge is 0.351 e. The zero-order valence-electron chi connectivity index (χ0n) is 12.8. The van der Waals surface area contributed by atoms with Crippen molar-refractivity contribution >= 4 is 26.6 Å². The Morgan fingerprint density at radius 2 is 2.09 bits per heavy atom. The minimum absolute atomic E-state index is 0.0256. The van der Waals surface area contributed by atoms with Crippen molar-refractivity contribution in [3.8, 4) is 0 Å². The fraction of sp³-hybridized carbons (Fsp3) is 0.375. The number of nitrogens with zero attached hydrogens (tertiary/aromatic N) is 1. The van der Waals surface area contributed by atoms with E-state index in [1.807, 2.05) is 18.2 Å². The van der Waals surface area contributed by atoms with Crippen LogP contribution < -0.4 is 10.9 Å². The van der Waals surface area contributed by atoms with Gasteiger partial charge in [0.1, 0.15) is 6.54 Å². The number of aryl methyl sites for hydroxylation is 1. The standard InChI is InChI=1S/C16H18N2O4S/c1-11-8-12-4-2-3-5-14(12)18(16(11)20)9-15(19)17-13-6-7-23(21,22)10-13/h2-5,8,13H,6-7,9-10H2,1H3,(H,17,19). The fourth-order valence-electron chi connectivity index (χ4n) is 2.96. The van der Waals surface area contributed by atoms with Gasteiger partial charge in [0.15, 0.2) is 9.84 Å². The number of pyridine rings is 1. The molecule has 1 aromatic heterocycles. The summed E-state index contributed by atoms with van der Waals surface area (Å²) in [6.45, 7) is 1.60. The van der Waals surface area contributed by atoms with Crippen LogP contribution in [0.2, 0.25) is 0 Å². The van der Waals surface area contributed by atoms with Gasteiger partial charge >= 0.3 is 0 Å². The number of fused-ring (bicyclic) bond motifs is 1. The van der Waals surface area contributed by atoms with Crippen molar-refractivity contribution in [1.29, 1.82) is 0 Å². The Morgan fingerprint density at radius 1 is 1.35 bits per heavy atom. The number of sulfone groups is 1. The lowest BCUT2D eigenvalue weighted by Gasteiger charge is -2.14.